The van der Waals surface area contributed by atoms with Crippen LogP contribution in [-0.4, -0.2) is 58.4 Å². The van der Waals surface area contributed by atoms with Gasteiger partial charge in [0.1, 0.15) is 0 Å². The van der Waals surface area contributed by atoms with Crippen molar-refractivity contribution in [2.24, 2.45) is 0 Å². The van der Waals surface area contributed by atoms with E-state index in [1.54, 1.807) is 33.5 Å². The van der Waals surface area contributed by atoms with Gasteiger partial charge >= 0.3 is 0 Å². The van der Waals surface area contributed by atoms with Crippen LogP contribution in [0.1, 0.15) is 16.7 Å². The Balaban J connectivity index is 1.54. The first-order valence-electron chi connectivity index (χ1n) is 10.3. The van der Waals surface area contributed by atoms with E-state index in [0.29, 0.717) is 23.8 Å². The van der Waals surface area contributed by atoms with Crippen molar-refractivity contribution in [3.8, 4) is 17.2 Å². The van der Waals surface area contributed by atoms with Gasteiger partial charge in [0.25, 0.3) is 0 Å². The van der Waals surface area contributed by atoms with E-state index in [2.05, 4.69) is 34.5 Å². The Hall–Kier alpha value is -3.03. The molecule has 1 amide bonds. The van der Waals surface area contributed by atoms with E-state index in [0.717, 1.165) is 44.0 Å². The SMILES string of the molecule is COc1ccc(/C=C/C(=O)NCc2ccc(CN3CCOCC3)cc2)c(OC)c1OC. The summed E-state index contributed by atoms with van der Waals surface area (Å²) in [4.78, 5) is 14.7. The maximum atomic E-state index is 12.3. The lowest BCUT2D eigenvalue weighted by Crippen LogP contribution is -2.35. The number of carbonyl (C=O) groups is 1. The zero-order chi connectivity index (χ0) is 22.1. The van der Waals surface area contributed by atoms with Gasteiger partial charge in [-0.15, -0.1) is 0 Å². The Morgan fingerprint density at radius 1 is 0.968 bits per heavy atom. The van der Waals surface area contributed by atoms with Gasteiger partial charge in [0.15, 0.2) is 11.5 Å². The maximum Gasteiger partial charge on any atom is 0.244 e. The smallest absolute Gasteiger partial charge is 0.244 e. The fourth-order valence-corrected chi connectivity index (χ4v) is 3.45. The molecule has 0 unspecified atom stereocenters. The zero-order valence-corrected chi connectivity index (χ0v) is 18.3. The lowest BCUT2D eigenvalue weighted by atomic mass is 10.1. The minimum absolute atomic E-state index is 0.186. The quantitative estimate of drug-likeness (QED) is 0.622. The summed E-state index contributed by atoms with van der Waals surface area (Å²) in [6, 6.07) is 11.9. The number of hydrogen-bond donors (Lipinski definition) is 1. The average molecular weight is 427 g/mol. The van der Waals surface area contributed by atoms with Crippen LogP contribution in [-0.2, 0) is 22.6 Å². The lowest BCUT2D eigenvalue weighted by Gasteiger charge is -2.26. The van der Waals surface area contributed by atoms with Crippen LogP contribution >= 0.6 is 0 Å². The minimum atomic E-state index is -0.186. The van der Waals surface area contributed by atoms with Crippen molar-refractivity contribution in [2.45, 2.75) is 13.1 Å². The molecule has 7 heteroatoms. The first-order valence-corrected chi connectivity index (χ1v) is 10.3. The highest BCUT2D eigenvalue weighted by Gasteiger charge is 2.14. The second-order valence-electron chi connectivity index (χ2n) is 7.18. The summed E-state index contributed by atoms with van der Waals surface area (Å²) in [6.07, 6.45) is 3.18. The second kappa shape index (κ2) is 11.4. The topological polar surface area (TPSA) is 69.3 Å². The minimum Gasteiger partial charge on any atom is -0.493 e. The highest BCUT2D eigenvalue weighted by atomic mass is 16.5. The van der Waals surface area contributed by atoms with Crippen molar-refractivity contribution in [1.82, 2.24) is 10.2 Å². The molecule has 0 saturated carbocycles. The van der Waals surface area contributed by atoms with Crippen molar-refractivity contribution < 1.29 is 23.7 Å². The van der Waals surface area contributed by atoms with Crippen LogP contribution in [0.2, 0.25) is 0 Å². The summed E-state index contributed by atoms with van der Waals surface area (Å²) in [7, 11) is 4.67. The largest absolute Gasteiger partial charge is 0.493 e. The number of morpholine rings is 1. The molecule has 1 saturated heterocycles. The normalized spacial score (nSPS) is 14.4. The van der Waals surface area contributed by atoms with E-state index < -0.39 is 0 Å². The summed E-state index contributed by atoms with van der Waals surface area (Å²) in [6.45, 7) is 4.92. The van der Waals surface area contributed by atoms with Gasteiger partial charge in [-0.3, -0.25) is 9.69 Å². The molecule has 0 aromatic heterocycles. The monoisotopic (exact) mass is 426 g/mol. The number of carbonyl (C=O) groups excluding carboxylic acids is 1. The van der Waals surface area contributed by atoms with E-state index in [-0.39, 0.29) is 5.91 Å². The van der Waals surface area contributed by atoms with E-state index in [1.807, 2.05) is 6.07 Å². The third kappa shape index (κ3) is 6.23. The molecular weight excluding hydrogens is 396 g/mol. The standard InChI is InChI=1S/C24H30N2O5/c1-28-21-10-8-20(23(29-2)24(21)30-3)9-11-22(27)25-16-18-4-6-19(7-5-18)17-26-12-14-31-15-13-26/h4-11H,12-17H2,1-3H3,(H,25,27)/b11-9+. The first-order chi connectivity index (χ1) is 15.1. The van der Waals surface area contributed by atoms with Crippen molar-refractivity contribution in [2.75, 3.05) is 47.6 Å². The molecule has 2 aromatic rings. The predicted molar refractivity (Wildman–Crippen MR) is 120 cm³/mol. The van der Waals surface area contributed by atoms with E-state index in [1.165, 1.54) is 11.6 Å². The van der Waals surface area contributed by atoms with Gasteiger partial charge in [-0.1, -0.05) is 24.3 Å². The number of ether oxygens (including phenoxy) is 4. The number of amides is 1. The molecule has 0 aliphatic carbocycles. The number of rotatable bonds is 9. The van der Waals surface area contributed by atoms with Crippen LogP contribution in [0.15, 0.2) is 42.5 Å². The third-order valence-corrected chi connectivity index (χ3v) is 5.15. The van der Waals surface area contributed by atoms with E-state index in [9.17, 15) is 4.79 Å². The number of hydrogen-bond acceptors (Lipinski definition) is 6. The van der Waals surface area contributed by atoms with E-state index >= 15 is 0 Å². The summed E-state index contributed by atoms with van der Waals surface area (Å²) in [5.41, 5.74) is 3.04. The maximum absolute atomic E-state index is 12.3. The summed E-state index contributed by atoms with van der Waals surface area (Å²) in [5, 5.41) is 2.91. The van der Waals surface area contributed by atoms with Gasteiger partial charge in [-0.2, -0.15) is 0 Å². The third-order valence-electron chi connectivity index (χ3n) is 5.15. The summed E-state index contributed by atoms with van der Waals surface area (Å²) < 4.78 is 21.5. The molecular formula is C24H30N2O5. The molecule has 2 aromatic carbocycles. The molecule has 1 aliphatic heterocycles. The van der Waals surface area contributed by atoms with Gasteiger partial charge in [-0.05, 0) is 29.3 Å². The van der Waals surface area contributed by atoms with E-state index in [4.69, 9.17) is 18.9 Å². The van der Waals surface area contributed by atoms with Crippen molar-refractivity contribution in [3.05, 3.63) is 59.2 Å². The fraction of sp³-hybridized carbons (Fsp3) is 0.375. The Labute approximate surface area is 183 Å². The Morgan fingerprint density at radius 2 is 1.65 bits per heavy atom. The summed E-state index contributed by atoms with van der Waals surface area (Å²) >= 11 is 0. The number of nitrogens with zero attached hydrogens (tertiary/aromatic N) is 1. The Bertz CT molecular complexity index is 890. The Morgan fingerprint density at radius 3 is 2.29 bits per heavy atom. The number of nitrogens with one attached hydrogen (secondary N) is 1. The lowest BCUT2D eigenvalue weighted by molar-refractivity contribution is -0.116. The molecule has 0 spiro atoms. The average Bonchev–Trinajstić information content (AvgIpc) is 2.82. The molecule has 3 rings (SSSR count). The molecule has 0 atom stereocenters. The zero-order valence-electron chi connectivity index (χ0n) is 18.3. The van der Waals surface area contributed by atoms with Gasteiger partial charge in [0, 0.05) is 37.8 Å². The molecule has 1 heterocycles. The fourth-order valence-electron chi connectivity index (χ4n) is 3.45. The van der Waals surface area contributed by atoms with Gasteiger partial charge in [0.2, 0.25) is 11.7 Å². The van der Waals surface area contributed by atoms with Crippen LogP contribution in [0.25, 0.3) is 6.08 Å². The van der Waals surface area contributed by atoms with Gasteiger partial charge < -0.3 is 24.3 Å². The molecule has 0 bridgehead atoms. The highest BCUT2D eigenvalue weighted by molar-refractivity contribution is 5.92. The number of methoxy groups -OCH3 is 3. The summed E-state index contributed by atoms with van der Waals surface area (Å²) in [5.74, 6) is 1.39. The van der Waals surface area contributed by atoms with Crippen LogP contribution < -0.4 is 19.5 Å². The Kier molecular flexibility index (Phi) is 8.32. The van der Waals surface area contributed by atoms with Crippen molar-refractivity contribution >= 4 is 12.0 Å². The molecule has 0 radical (unpaired) electrons. The molecule has 1 N–H and O–H groups in total. The highest BCUT2D eigenvalue weighted by Crippen LogP contribution is 2.40. The van der Waals surface area contributed by atoms with Crippen LogP contribution in [0.5, 0.6) is 17.2 Å². The van der Waals surface area contributed by atoms with Crippen molar-refractivity contribution in [3.63, 3.8) is 0 Å². The first kappa shape index (κ1) is 22.7. The van der Waals surface area contributed by atoms with Crippen LogP contribution in [0, 0.1) is 0 Å². The number of benzene rings is 2. The molecule has 31 heavy (non-hydrogen) atoms. The predicted octanol–water partition coefficient (Wildman–Crippen LogP) is 2.87. The second-order valence-corrected chi connectivity index (χ2v) is 7.18. The molecule has 1 aliphatic rings. The molecule has 1 fully saturated rings. The van der Waals surface area contributed by atoms with Gasteiger partial charge in [0.05, 0.1) is 34.5 Å². The van der Waals surface area contributed by atoms with Crippen LogP contribution in [0.3, 0.4) is 0 Å². The van der Waals surface area contributed by atoms with Crippen LogP contribution in [0.4, 0.5) is 0 Å². The van der Waals surface area contributed by atoms with Crippen molar-refractivity contribution in [1.29, 1.82) is 0 Å². The molecule has 7 nitrogen and oxygen atoms in total. The molecule has 166 valence electrons. The van der Waals surface area contributed by atoms with Gasteiger partial charge in [-0.25, -0.2) is 0 Å².